The van der Waals surface area contributed by atoms with Gasteiger partial charge in [-0.3, -0.25) is 18.9 Å². The Hall–Kier alpha value is -2.23. The number of fused-ring (bicyclic) bond motifs is 1. The summed E-state index contributed by atoms with van der Waals surface area (Å²) in [4.78, 5) is 35.3. The normalized spacial score (nSPS) is 19.0. The second kappa shape index (κ2) is 9.50. The predicted octanol–water partition coefficient (Wildman–Crippen LogP) is 3.31. The Morgan fingerprint density at radius 2 is 2.06 bits per heavy atom. The molecule has 3 heterocycles. The van der Waals surface area contributed by atoms with Gasteiger partial charge in [0.25, 0.3) is 11.5 Å². The van der Waals surface area contributed by atoms with Crippen LogP contribution in [0.25, 0.3) is 11.7 Å². The van der Waals surface area contributed by atoms with Gasteiger partial charge in [-0.2, -0.15) is 0 Å². The number of thiocarbonyl (C=S) groups is 1. The van der Waals surface area contributed by atoms with E-state index in [2.05, 4.69) is 4.90 Å². The smallest absolute Gasteiger partial charge is 0.267 e. The molecule has 1 amide bonds. The van der Waals surface area contributed by atoms with Crippen LogP contribution in [0.1, 0.15) is 37.7 Å². The highest BCUT2D eigenvalue weighted by atomic mass is 32.2. The van der Waals surface area contributed by atoms with E-state index < -0.39 is 0 Å². The summed E-state index contributed by atoms with van der Waals surface area (Å²) in [7, 11) is 3.58. The highest BCUT2D eigenvalue weighted by Crippen LogP contribution is 2.34. The molecule has 0 radical (unpaired) electrons. The van der Waals surface area contributed by atoms with Crippen LogP contribution in [-0.2, 0) is 9.53 Å². The monoisotopic (exact) mass is 458 g/mol. The molecule has 0 aromatic carbocycles. The molecule has 2 aliphatic rings. The highest BCUT2D eigenvalue weighted by molar-refractivity contribution is 8.26. The van der Waals surface area contributed by atoms with Crippen LogP contribution in [0.3, 0.4) is 0 Å². The lowest BCUT2D eigenvalue weighted by Gasteiger charge is -2.33. The summed E-state index contributed by atoms with van der Waals surface area (Å²) in [6.07, 6.45) is 9.11. The van der Waals surface area contributed by atoms with Crippen molar-refractivity contribution in [2.45, 2.75) is 38.1 Å². The van der Waals surface area contributed by atoms with Gasteiger partial charge in [0, 0.05) is 26.4 Å². The van der Waals surface area contributed by atoms with Crippen molar-refractivity contribution in [2.75, 3.05) is 32.2 Å². The minimum Gasteiger partial charge on any atom is -0.383 e. The Labute approximate surface area is 191 Å². The molecule has 4 rings (SSSR count). The van der Waals surface area contributed by atoms with Crippen LogP contribution >= 0.6 is 24.0 Å². The van der Waals surface area contributed by atoms with E-state index in [0.29, 0.717) is 45.4 Å². The number of aromatic nitrogens is 2. The molecule has 2 aromatic rings. The first-order chi connectivity index (χ1) is 15.0. The number of ether oxygens (including phenoxy) is 1. The fourth-order valence-electron chi connectivity index (χ4n) is 4.13. The van der Waals surface area contributed by atoms with E-state index in [1.165, 1.54) is 40.3 Å². The maximum Gasteiger partial charge on any atom is 0.267 e. The average Bonchev–Trinajstić information content (AvgIpc) is 3.06. The standard InChI is InChI=1S/C22H26N4O3S2/c1-24(15-8-4-3-5-9-15)19-16(20(27)25-11-7-6-10-18(25)23-19)14-17-21(28)26(12-13-29-2)22(30)31-17/h6-7,10-11,14-15H,3-5,8-9,12-13H2,1-2H3/b17-14-. The van der Waals surface area contributed by atoms with Crippen LogP contribution in [-0.4, -0.2) is 57.9 Å². The summed E-state index contributed by atoms with van der Waals surface area (Å²) in [5.41, 5.74) is 0.824. The number of methoxy groups -OCH3 is 1. The van der Waals surface area contributed by atoms with E-state index in [0.717, 1.165) is 12.8 Å². The second-order valence-electron chi connectivity index (χ2n) is 7.81. The maximum atomic E-state index is 13.4. The quantitative estimate of drug-likeness (QED) is 0.486. The fraction of sp³-hybridized carbons (Fsp3) is 0.455. The van der Waals surface area contributed by atoms with Gasteiger partial charge in [-0.05, 0) is 31.1 Å². The van der Waals surface area contributed by atoms with Gasteiger partial charge in [0.2, 0.25) is 0 Å². The summed E-state index contributed by atoms with van der Waals surface area (Å²) in [6.45, 7) is 0.790. The number of hydrogen-bond donors (Lipinski definition) is 0. The van der Waals surface area contributed by atoms with Crippen LogP contribution in [0.2, 0.25) is 0 Å². The maximum absolute atomic E-state index is 13.4. The van der Waals surface area contributed by atoms with Crippen molar-refractivity contribution in [1.82, 2.24) is 14.3 Å². The van der Waals surface area contributed by atoms with Gasteiger partial charge >= 0.3 is 0 Å². The van der Waals surface area contributed by atoms with Crippen LogP contribution in [0.5, 0.6) is 0 Å². The Morgan fingerprint density at radius 3 is 2.81 bits per heavy atom. The molecule has 0 N–H and O–H groups in total. The highest BCUT2D eigenvalue weighted by Gasteiger charge is 2.33. The lowest BCUT2D eigenvalue weighted by atomic mass is 9.94. The number of nitrogens with zero attached hydrogens (tertiary/aromatic N) is 4. The number of carbonyl (C=O) groups excluding carboxylic acids is 1. The first-order valence-corrected chi connectivity index (χ1v) is 11.7. The number of hydrogen-bond acceptors (Lipinski definition) is 7. The van der Waals surface area contributed by atoms with Gasteiger partial charge in [0.05, 0.1) is 23.6 Å². The Balaban J connectivity index is 1.80. The molecule has 9 heteroatoms. The zero-order valence-electron chi connectivity index (χ0n) is 17.7. The predicted molar refractivity (Wildman–Crippen MR) is 128 cm³/mol. The third kappa shape index (κ3) is 4.40. The van der Waals surface area contributed by atoms with E-state index >= 15 is 0 Å². The largest absolute Gasteiger partial charge is 0.383 e. The number of rotatable bonds is 6. The molecule has 2 fully saturated rings. The average molecular weight is 459 g/mol. The first kappa shape index (κ1) is 22.0. The molecule has 1 aliphatic heterocycles. The van der Waals surface area contributed by atoms with Crippen molar-refractivity contribution in [1.29, 1.82) is 0 Å². The third-order valence-corrected chi connectivity index (χ3v) is 7.25. The van der Waals surface area contributed by atoms with Gasteiger partial charge in [-0.15, -0.1) is 0 Å². The van der Waals surface area contributed by atoms with E-state index in [-0.39, 0.29) is 11.5 Å². The Bertz CT molecular complexity index is 1090. The number of amides is 1. The number of thioether (sulfide) groups is 1. The SMILES string of the molecule is COCCN1C(=O)/C(=C/c2c(N(C)C3CCCCC3)nc3ccccn3c2=O)SC1=S. The lowest BCUT2D eigenvalue weighted by molar-refractivity contribution is -0.122. The summed E-state index contributed by atoms with van der Waals surface area (Å²) in [5, 5.41) is 0. The van der Waals surface area contributed by atoms with E-state index in [4.69, 9.17) is 21.9 Å². The van der Waals surface area contributed by atoms with Crippen LogP contribution in [0.4, 0.5) is 5.82 Å². The van der Waals surface area contributed by atoms with E-state index in [9.17, 15) is 9.59 Å². The molecule has 0 spiro atoms. The molecule has 31 heavy (non-hydrogen) atoms. The zero-order valence-corrected chi connectivity index (χ0v) is 19.4. The molecule has 164 valence electrons. The molecule has 1 aliphatic carbocycles. The van der Waals surface area contributed by atoms with Crippen LogP contribution < -0.4 is 10.5 Å². The molecule has 7 nitrogen and oxygen atoms in total. The van der Waals surface area contributed by atoms with Crippen molar-refractivity contribution in [3.05, 3.63) is 45.2 Å². The molecule has 1 saturated carbocycles. The van der Waals surface area contributed by atoms with Gasteiger partial charge in [0.15, 0.2) is 0 Å². The third-order valence-electron chi connectivity index (χ3n) is 5.87. The number of pyridine rings is 1. The van der Waals surface area contributed by atoms with Gasteiger partial charge in [-0.25, -0.2) is 4.98 Å². The number of anilines is 1. The summed E-state index contributed by atoms with van der Waals surface area (Å²) in [5.74, 6) is 0.418. The molecule has 0 bridgehead atoms. The Morgan fingerprint density at radius 1 is 1.29 bits per heavy atom. The topological polar surface area (TPSA) is 67.2 Å². The summed E-state index contributed by atoms with van der Waals surface area (Å²) in [6, 6.07) is 5.82. The van der Waals surface area contributed by atoms with Gasteiger partial charge < -0.3 is 9.64 Å². The van der Waals surface area contributed by atoms with Crippen molar-refractivity contribution in [2.24, 2.45) is 0 Å². The van der Waals surface area contributed by atoms with E-state index in [1.807, 2.05) is 19.2 Å². The first-order valence-electron chi connectivity index (χ1n) is 10.5. The minimum atomic E-state index is -0.198. The molecule has 1 saturated heterocycles. The zero-order chi connectivity index (χ0) is 22.0. The summed E-state index contributed by atoms with van der Waals surface area (Å²) >= 11 is 6.60. The molecular formula is C22H26N4O3S2. The number of carbonyl (C=O) groups is 1. The van der Waals surface area contributed by atoms with Crippen molar-refractivity contribution >= 4 is 51.7 Å². The van der Waals surface area contributed by atoms with Gasteiger partial charge in [-0.1, -0.05) is 49.3 Å². The lowest BCUT2D eigenvalue weighted by Crippen LogP contribution is -2.36. The van der Waals surface area contributed by atoms with Crippen LogP contribution in [0.15, 0.2) is 34.1 Å². The minimum absolute atomic E-state index is 0.189. The van der Waals surface area contributed by atoms with E-state index in [1.54, 1.807) is 25.4 Å². The van der Waals surface area contributed by atoms with Crippen molar-refractivity contribution in [3.8, 4) is 0 Å². The van der Waals surface area contributed by atoms with Crippen LogP contribution in [0, 0.1) is 0 Å². The fourth-order valence-corrected chi connectivity index (χ4v) is 5.42. The van der Waals surface area contributed by atoms with Crippen molar-refractivity contribution in [3.63, 3.8) is 0 Å². The Kier molecular flexibility index (Phi) is 6.74. The summed E-state index contributed by atoms with van der Waals surface area (Å²) < 4.78 is 7.09. The molecule has 0 atom stereocenters. The molecular weight excluding hydrogens is 432 g/mol. The molecule has 0 unspecified atom stereocenters. The second-order valence-corrected chi connectivity index (χ2v) is 9.49. The van der Waals surface area contributed by atoms with Crippen molar-refractivity contribution < 1.29 is 9.53 Å². The molecule has 2 aromatic heterocycles. The van der Waals surface area contributed by atoms with Gasteiger partial charge in [0.1, 0.15) is 15.8 Å².